The fourth-order valence-electron chi connectivity index (χ4n) is 3.21. The van der Waals surface area contributed by atoms with Crippen molar-refractivity contribution in [1.29, 1.82) is 0 Å². The minimum Gasteiger partial charge on any atom is -0.349 e. The van der Waals surface area contributed by atoms with Gasteiger partial charge in [0.05, 0.1) is 12.2 Å². The fourth-order valence-corrected chi connectivity index (χ4v) is 3.21. The number of aromatic nitrogens is 1. The van der Waals surface area contributed by atoms with Gasteiger partial charge in [0.2, 0.25) is 11.8 Å². The summed E-state index contributed by atoms with van der Waals surface area (Å²) in [7, 11) is 0. The van der Waals surface area contributed by atoms with Crippen LogP contribution in [0.5, 0.6) is 0 Å². The number of benzene rings is 2. The van der Waals surface area contributed by atoms with Gasteiger partial charge in [-0.05, 0) is 35.4 Å². The van der Waals surface area contributed by atoms with Crippen LogP contribution in [0.4, 0.5) is 4.39 Å². The molecule has 0 bridgehead atoms. The zero-order valence-electron chi connectivity index (χ0n) is 16.8. The third kappa shape index (κ3) is 5.98. The zero-order chi connectivity index (χ0) is 21.3. The first-order valence-corrected chi connectivity index (χ1v) is 9.76. The molecule has 0 fully saturated rings. The van der Waals surface area contributed by atoms with Gasteiger partial charge in [-0.3, -0.25) is 14.6 Å². The molecule has 2 amide bonds. The molecule has 0 saturated heterocycles. The molecule has 1 aromatic heterocycles. The van der Waals surface area contributed by atoms with Crippen LogP contribution in [-0.4, -0.2) is 27.7 Å². The second kappa shape index (κ2) is 10.3. The number of hydrogen-bond donors (Lipinski definition) is 1. The molecular weight excluding hydrogens is 381 g/mol. The number of halogens is 1. The second-order valence-electron chi connectivity index (χ2n) is 7.02. The lowest BCUT2D eigenvalue weighted by Gasteiger charge is -2.30. The van der Waals surface area contributed by atoms with E-state index < -0.39 is 6.04 Å². The van der Waals surface area contributed by atoms with Crippen LogP contribution in [0.1, 0.15) is 23.7 Å². The van der Waals surface area contributed by atoms with Gasteiger partial charge in [-0.2, -0.15) is 0 Å². The molecule has 0 aliphatic rings. The van der Waals surface area contributed by atoms with Crippen LogP contribution in [0, 0.1) is 5.82 Å². The number of pyridine rings is 1. The Hall–Kier alpha value is -3.54. The van der Waals surface area contributed by atoms with Gasteiger partial charge in [-0.25, -0.2) is 4.39 Å². The summed E-state index contributed by atoms with van der Waals surface area (Å²) in [5, 5.41) is 2.89. The highest BCUT2D eigenvalue weighted by atomic mass is 19.1. The van der Waals surface area contributed by atoms with Crippen molar-refractivity contribution >= 4 is 11.8 Å². The highest BCUT2D eigenvalue weighted by Crippen LogP contribution is 2.15. The molecular formula is C24H24FN3O2. The number of carbonyl (C=O) groups excluding carboxylic acids is 2. The number of rotatable bonds is 8. The van der Waals surface area contributed by atoms with E-state index in [9.17, 15) is 14.0 Å². The summed E-state index contributed by atoms with van der Waals surface area (Å²) < 4.78 is 13.3. The molecule has 0 aliphatic heterocycles. The van der Waals surface area contributed by atoms with Crippen LogP contribution in [0.2, 0.25) is 0 Å². The van der Waals surface area contributed by atoms with Crippen molar-refractivity contribution in [3.05, 3.63) is 102 Å². The summed E-state index contributed by atoms with van der Waals surface area (Å²) in [5.74, 6) is -0.836. The molecule has 3 aromatic rings. The smallest absolute Gasteiger partial charge is 0.243 e. The molecule has 0 unspecified atom stereocenters. The van der Waals surface area contributed by atoms with Crippen LogP contribution < -0.4 is 5.32 Å². The SMILES string of the molecule is CC(=O)N(Cc1ccc(F)cc1)[C@H](Cc1ccccc1)C(=O)NCc1ccccn1. The lowest BCUT2D eigenvalue weighted by atomic mass is 10.0. The highest BCUT2D eigenvalue weighted by Gasteiger charge is 2.28. The predicted molar refractivity (Wildman–Crippen MR) is 113 cm³/mol. The summed E-state index contributed by atoms with van der Waals surface area (Å²) in [6.45, 7) is 1.92. The predicted octanol–water partition coefficient (Wildman–Crippen LogP) is 3.50. The number of amides is 2. The maximum Gasteiger partial charge on any atom is 0.243 e. The topological polar surface area (TPSA) is 62.3 Å². The number of nitrogens with zero attached hydrogens (tertiary/aromatic N) is 2. The van der Waals surface area contributed by atoms with Crippen molar-refractivity contribution in [3.63, 3.8) is 0 Å². The molecule has 0 radical (unpaired) electrons. The molecule has 0 aliphatic carbocycles. The third-order valence-corrected chi connectivity index (χ3v) is 4.79. The molecule has 5 nitrogen and oxygen atoms in total. The van der Waals surface area contributed by atoms with Crippen LogP contribution in [-0.2, 0) is 29.1 Å². The van der Waals surface area contributed by atoms with Crippen molar-refractivity contribution in [3.8, 4) is 0 Å². The summed E-state index contributed by atoms with van der Waals surface area (Å²) >= 11 is 0. The van der Waals surface area contributed by atoms with Crippen LogP contribution in [0.25, 0.3) is 0 Å². The van der Waals surface area contributed by atoms with E-state index in [1.54, 1.807) is 18.3 Å². The van der Waals surface area contributed by atoms with Gasteiger partial charge in [0.1, 0.15) is 11.9 Å². The average Bonchev–Trinajstić information content (AvgIpc) is 2.77. The van der Waals surface area contributed by atoms with E-state index in [2.05, 4.69) is 10.3 Å². The van der Waals surface area contributed by atoms with Gasteiger partial charge >= 0.3 is 0 Å². The fraction of sp³-hybridized carbons (Fsp3) is 0.208. The quantitative estimate of drug-likeness (QED) is 0.624. The zero-order valence-corrected chi connectivity index (χ0v) is 16.8. The molecule has 1 N–H and O–H groups in total. The minimum absolute atomic E-state index is 0.212. The monoisotopic (exact) mass is 405 g/mol. The maximum absolute atomic E-state index is 13.3. The lowest BCUT2D eigenvalue weighted by molar-refractivity contribution is -0.139. The van der Waals surface area contributed by atoms with Crippen molar-refractivity contribution in [2.45, 2.75) is 32.5 Å². The van der Waals surface area contributed by atoms with E-state index in [4.69, 9.17) is 0 Å². The molecule has 1 atom stereocenters. The summed E-state index contributed by atoms with van der Waals surface area (Å²) in [5.41, 5.74) is 2.43. The standard InChI is InChI=1S/C24H24FN3O2/c1-18(29)28(17-20-10-12-21(25)13-11-20)23(15-19-7-3-2-4-8-19)24(30)27-16-22-9-5-6-14-26-22/h2-14,23H,15-17H2,1H3,(H,27,30)/t23-/m1/s1. The Bertz CT molecular complexity index is 963. The Balaban J connectivity index is 1.82. The average molecular weight is 405 g/mol. The summed E-state index contributed by atoms with van der Waals surface area (Å²) in [6, 6.07) is 20.3. The molecule has 3 rings (SSSR count). The van der Waals surface area contributed by atoms with Gasteiger partial charge in [0.15, 0.2) is 0 Å². The van der Waals surface area contributed by atoms with Gasteiger partial charge in [0.25, 0.3) is 0 Å². The van der Waals surface area contributed by atoms with Gasteiger partial charge in [0, 0.05) is 26.1 Å². The molecule has 0 spiro atoms. The van der Waals surface area contributed by atoms with E-state index in [0.29, 0.717) is 6.42 Å². The minimum atomic E-state index is -0.710. The molecule has 6 heteroatoms. The third-order valence-electron chi connectivity index (χ3n) is 4.79. The molecule has 30 heavy (non-hydrogen) atoms. The lowest BCUT2D eigenvalue weighted by Crippen LogP contribution is -2.49. The highest BCUT2D eigenvalue weighted by molar-refractivity contribution is 5.87. The summed E-state index contributed by atoms with van der Waals surface area (Å²) in [4.78, 5) is 31.3. The largest absolute Gasteiger partial charge is 0.349 e. The Labute approximate surface area is 175 Å². The molecule has 0 saturated carbocycles. The van der Waals surface area contributed by atoms with E-state index in [1.165, 1.54) is 24.0 Å². The number of nitrogens with one attached hydrogen (secondary N) is 1. The normalized spacial score (nSPS) is 11.5. The van der Waals surface area contributed by atoms with E-state index in [1.807, 2.05) is 48.5 Å². The van der Waals surface area contributed by atoms with Crippen LogP contribution in [0.15, 0.2) is 79.0 Å². The van der Waals surface area contributed by atoms with Crippen molar-refractivity contribution in [2.75, 3.05) is 0 Å². The first-order valence-electron chi connectivity index (χ1n) is 9.76. The van der Waals surface area contributed by atoms with Crippen LogP contribution in [0.3, 0.4) is 0 Å². The van der Waals surface area contributed by atoms with Crippen molar-refractivity contribution < 1.29 is 14.0 Å². The summed E-state index contributed by atoms with van der Waals surface area (Å²) in [6.07, 6.45) is 2.04. The Morgan fingerprint density at radius 2 is 1.67 bits per heavy atom. The number of hydrogen-bond acceptors (Lipinski definition) is 3. The Kier molecular flexibility index (Phi) is 7.27. The molecule has 2 aromatic carbocycles. The molecule has 1 heterocycles. The molecule has 154 valence electrons. The first kappa shape index (κ1) is 21.2. The van der Waals surface area contributed by atoms with E-state index in [0.717, 1.165) is 16.8 Å². The Morgan fingerprint density at radius 1 is 0.967 bits per heavy atom. The Morgan fingerprint density at radius 3 is 2.30 bits per heavy atom. The van der Waals surface area contributed by atoms with E-state index >= 15 is 0 Å². The number of carbonyl (C=O) groups is 2. The van der Waals surface area contributed by atoms with Crippen LogP contribution >= 0.6 is 0 Å². The van der Waals surface area contributed by atoms with Gasteiger partial charge in [-0.15, -0.1) is 0 Å². The first-order chi connectivity index (χ1) is 14.5. The van der Waals surface area contributed by atoms with Crippen molar-refractivity contribution in [1.82, 2.24) is 15.2 Å². The maximum atomic E-state index is 13.3. The van der Waals surface area contributed by atoms with Gasteiger partial charge < -0.3 is 10.2 Å². The van der Waals surface area contributed by atoms with E-state index in [-0.39, 0.29) is 30.7 Å². The second-order valence-corrected chi connectivity index (χ2v) is 7.02. The van der Waals surface area contributed by atoms with Gasteiger partial charge in [-0.1, -0.05) is 48.5 Å². The van der Waals surface area contributed by atoms with Crippen molar-refractivity contribution in [2.24, 2.45) is 0 Å².